The van der Waals surface area contributed by atoms with Gasteiger partial charge in [-0.05, 0) is 57.8 Å². The smallest absolute Gasteiger partial charge is 0.306 e. The quantitative estimate of drug-likeness (QED) is 0.0262. The standard InChI is InChI=1S/C62H108O6/c1-4-7-10-13-16-18-20-22-24-26-28-29-30-31-32-34-35-37-39-41-43-46-49-52-55-61(64)67-58-59(57-66-60(63)54-51-48-45-15-12-9-6-3)68-62(65)56-53-50-47-44-42-40-38-36-33-27-25-23-21-19-17-14-11-8-5-2/h8,11,17,19,23,25,33,36,40,42,47,50,59H,4-7,9-10,12-16,18,20-22,24,26-32,34-35,37-39,41,43-46,48-49,51-58H2,1-3H3/b11-8-,19-17-,25-23-,36-33-,42-40-,50-47-. The summed E-state index contributed by atoms with van der Waals surface area (Å²) in [6.45, 7) is 6.44. The zero-order chi connectivity index (χ0) is 49.3. The molecule has 0 N–H and O–H groups in total. The molecule has 0 aromatic carbocycles. The van der Waals surface area contributed by atoms with Crippen molar-refractivity contribution in [2.45, 2.75) is 290 Å². The molecule has 1 unspecified atom stereocenters. The monoisotopic (exact) mass is 949 g/mol. The molecule has 0 aromatic rings. The molecule has 0 aromatic heterocycles. The predicted molar refractivity (Wildman–Crippen MR) is 293 cm³/mol. The van der Waals surface area contributed by atoms with Gasteiger partial charge in [-0.15, -0.1) is 0 Å². The third kappa shape index (κ3) is 53.8. The Bertz CT molecular complexity index is 1270. The summed E-state index contributed by atoms with van der Waals surface area (Å²) in [5.74, 6) is -0.986. The summed E-state index contributed by atoms with van der Waals surface area (Å²) in [6.07, 6.45) is 72.3. The summed E-state index contributed by atoms with van der Waals surface area (Å²) in [6, 6.07) is 0. The highest BCUT2D eigenvalue weighted by Crippen LogP contribution is 2.17. The number of ether oxygens (including phenoxy) is 3. The molecule has 0 saturated carbocycles. The van der Waals surface area contributed by atoms with Crippen molar-refractivity contribution in [3.8, 4) is 0 Å². The van der Waals surface area contributed by atoms with Gasteiger partial charge in [0.25, 0.3) is 0 Å². The van der Waals surface area contributed by atoms with Crippen LogP contribution in [0.2, 0.25) is 0 Å². The first-order chi connectivity index (χ1) is 33.5. The van der Waals surface area contributed by atoms with Crippen molar-refractivity contribution in [3.63, 3.8) is 0 Å². The number of carbonyl (C=O) groups excluding carboxylic acids is 3. The minimum absolute atomic E-state index is 0.103. The maximum Gasteiger partial charge on any atom is 0.306 e. The van der Waals surface area contributed by atoms with Crippen molar-refractivity contribution in [1.82, 2.24) is 0 Å². The summed E-state index contributed by atoms with van der Waals surface area (Å²) < 4.78 is 16.7. The summed E-state index contributed by atoms with van der Waals surface area (Å²) >= 11 is 0. The van der Waals surface area contributed by atoms with E-state index in [0.717, 1.165) is 77.0 Å². The van der Waals surface area contributed by atoms with Crippen LogP contribution >= 0.6 is 0 Å². The van der Waals surface area contributed by atoms with Crippen LogP contribution in [0.3, 0.4) is 0 Å². The molecule has 0 heterocycles. The van der Waals surface area contributed by atoms with Crippen molar-refractivity contribution in [2.24, 2.45) is 0 Å². The zero-order valence-corrected chi connectivity index (χ0v) is 44.9. The molecule has 0 aliphatic carbocycles. The molecule has 0 radical (unpaired) electrons. The van der Waals surface area contributed by atoms with Gasteiger partial charge in [-0.1, -0.05) is 280 Å². The Balaban J connectivity index is 4.23. The maximum atomic E-state index is 12.8. The fourth-order valence-corrected chi connectivity index (χ4v) is 8.18. The molecule has 392 valence electrons. The molecule has 0 spiro atoms. The van der Waals surface area contributed by atoms with Gasteiger partial charge in [-0.25, -0.2) is 0 Å². The lowest BCUT2D eigenvalue weighted by Gasteiger charge is -2.18. The number of hydrogen-bond acceptors (Lipinski definition) is 6. The van der Waals surface area contributed by atoms with Crippen LogP contribution < -0.4 is 0 Å². The van der Waals surface area contributed by atoms with E-state index >= 15 is 0 Å². The Labute approximate surface area is 421 Å². The third-order valence-electron chi connectivity index (χ3n) is 12.5. The SMILES string of the molecule is CC/C=C\C/C=C\C/C=C\C/C=C\C/C=C\C/C=C\CCC(=O)OC(COC(=O)CCCCCCCCC)COC(=O)CCCCCCCCCCCCCCCCCCCCCCCCCC. The van der Waals surface area contributed by atoms with Crippen molar-refractivity contribution in [1.29, 1.82) is 0 Å². The van der Waals surface area contributed by atoms with Gasteiger partial charge >= 0.3 is 17.9 Å². The highest BCUT2D eigenvalue weighted by atomic mass is 16.6. The Hall–Kier alpha value is -3.15. The van der Waals surface area contributed by atoms with Crippen molar-refractivity contribution < 1.29 is 28.6 Å². The predicted octanol–water partition coefficient (Wildman–Crippen LogP) is 19.4. The van der Waals surface area contributed by atoms with Gasteiger partial charge in [0.2, 0.25) is 0 Å². The second-order valence-electron chi connectivity index (χ2n) is 19.2. The topological polar surface area (TPSA) is 78.9 Å². The van der Waals surface area contributed by atoms with Gasteiger partial charge in [-0.2, -0.15) is 0 Å². The van der Waals surface area contributed by atoms with Crippen LogP contribution in [0, 0.1) is 0 Å². The number of rotatable bonds is 52. The summed E-state index contributed by atoms with van der Waals surface area (Å²) in [5, 5.41) is 0. The summed E-state index contributed by atoms with van der Waals surface area (Å²) in [5.41, 5.74) is 0. The van der Waals surface area contributed by atoms with E-state index in [2.05, 4.69) is 87.6 Å². The van der Waals surface area contributed by atoms with Crippen LogP contribution in [0.5, 0.6) is 0 Å². The first-order valence-electron chi connectivity index (χ1n) is 28.9. The number of hydrogen-bond donors (Lipinski definition) is 0. The van der Waals surface area contributed by atoms with E-state index < -0.39 is 12.1 Å². The molecule has 68 heavy (non-hydrogen) atoms. The van der Waals surface area contributed by atoms with Crippen molar-refractivity contribution in [2.75, 3.05) is 13.2 Å². The van der Waals surface area contributed by atoms with Gasteiger partial charge in [0.1, 0.15) is 13.2 Å². The van der Waals surface area contributed by atoms with E-state index in [0.29, 0.717) is 19.3 Å². The molecular formula is C62H108O6. The van der Waals surface area contributed by atoms with Crippen molar-refractivity contribution in [3.05, 3.63) is 72.9 Å². The Morgan fingerprint density at radius 1 is 0.309 bits per heavy atom. The minimum atomic E-state index is -0.811. The Kier molecular flexibility index (Phi) is 53.8. The van der Waals surface area contributed by atoms with Crippen LogP contribution in [0.25, 0.3) is 0 Å². The first kappa shape index (κ1) is 64.8. The van der Waals surface area contributed by atoms with Gasteiger partial charge in [0.05, 0.1) is 0 Å². The lowest BCUT2D eigenvalue weighted by atomic mass is 10.0. The fraction of sp³-hybridized carbons (Fsp3) is 0.758. The number of unbranched alkanes of at least 4 members (excludes halogenated alkanes) is 29. The van der Waals surface area contributed by atoms with Gasteiger partial charge in [0.15, 0.2) is 6.10 Å². The normalized spacial score (nSPS) is 12.6. The molecule has 0 amide bonds. The average Bonchev–Trinajstić information content (AvgIpc) is 3.34. The number of allylic oxidation sites excluding steroid dienone is 12. The Morgan fingerprint density at radius 3 is 0.868 bits per heavy atom. The molecule has 0 rings (SSSR count). The van der Waals surface area contributed by atoms with E-state index in [1.165, 1.54) is 161 Å². The highest BCUT2D eigenvalue weighted by molar-refractivity contribution is 5.71. The van der Waals surface area contributed by atoms with E-state index in [1.54, 1.807) is 0 Å². The maximum absolute atomic E-state index is 12.8. The highest BCUT2D eigenvalue weighted by Gasteiger charge is 2.19. The Morgan fingerprint density at radius 2 is 0.574 bits per heavy atom. The second-order valence-corrected chi connectivity index (χ2v) is 19.2. The van der Waals surface area contributed by atoms with Crippen LogP contribution in [0.4, 0.5) is 0 Å². The lowest BCUT2D eigenvalue weighted by Crippen LogP contribution is -2.30. The molecule has 0 aliphatic rings. The second kappa shape index (κ2) is 56.4. The lowest BCUT2D eigenvalue weighted by molar-refractivity contribution is -0.166. The van der Waals surface area contributed by atoms with Crippen LogP contribution in [0.15, 0.2) is 72.9 Å². The molecule has 0 fully saturated rings. The zero-order valence-electron chi connectivity index (χ0n) is 44.9. The number of esters is 3. The van der Waals surface area contributed by atoms with E-state index in [1.807, 2.05) is 6.08 Å². The molecule has 6 heteroatoms. The molecule has 0 aliphatic heterocycles. The van der Waals surface area contributed by atoms with Gasteiger partial charge in [0, 0.05) is 19.3 Å². The third-order valence-corrected chi connectivity index (χ3v) is 12.5. The van der Waals surface area contributed by atoms with Gasteiger partial charge in [-0.3, -0.25) is 14.4 Å². The molecule has 1 atom stereocenters. The van der Waals surface area contributed by atoms with Crippen molar-refractivity contribution >= 4 is 17.9 Å². The largest absolute Gasteiger partial charge is 0.462 e. The average molecular weight is 950 g/mol. The summed E-state index contributed by atoms with van der Waals surface area (Å²) in [4.78, 5) is 37.9. The molecule has 0 saturated heterocycles. The van der Waals surface area contributed by atoms with Crippen LogP contribution in [0.1, 0.15) is 284 Å². The molecule has 0 bridgehead atoms. The van der Waals surface area contributed by atoms with E-state index in [9.17, 15) is 14.4 Å². The van der Waals surface area contributed by atoms with E-state index in [4.69, 9.17) is 14.2 Å². The molecular weight excluding hydrogens is 841 g/mol. The molecule has 6 nitrogen and oxygen atoms in total. The van der Waals surface area contributed by atoms with Crippen LogP contribution in [-0.2, 0) is 28.6 Å². The number of carbonyl (C=O) groups is 3. The van der Waals surface area contributed by atoms with Crippen LogP contribution in [-0.4, -0.2) is 37.2 Å². The van der Waals surface area contributed by atoms with Gasteiger partial charge < -0.3 is 14.2 Å². The first-order valence-corrected chi connectivity index (χ1v) is 28.9. The van der Waals surface area contributed by atoms with E-state index in [-0.39, 0.29) is 31.6 Å². The fourth-order valence-electron chi connectivity index (χ4n) is 8.18. The summed E-state index contributed by atoms with van der Waals surface area (Å²) in [7, 11) is 0. The minimum Gasteiger partial charge on any atom is -0.462 e.